The molecule has 146 valence electrons. The minimum Gasteiger partial charge on any atom is -0.357 e. The minimum absolute atomic E-state index is 0. The largest absolute Gasteiger partial charge is 0.357 e. The van der Waals surface area contributed by atoms with E-state index < -0.39 is 0 Å². The number of hydrogen-bond donors (Lipinski definition) is 2. The summed E-state index contributed by atoms with van der Waals surface area (Å²) in [4.78, 5) is 11.8. The number of aromatic nitrogens is 1. The van der Waals surface area contributed by atoms with Gasteiger partial charge in [-0.3, -0.25) is 0 Å². The van der Waals surface area contributed by atoms with Gasteiger partial charge in [0.25, 0.3) is 0 Å². The lowest BCUT2D eigenvalue weighted by Gasteiger charge is -2.21. The van der Waals surface area contributed by atoms with Crippen molar-refractivity contribution in [2.24, 2.45) is 4.99 Å². The fourth-order valence-electron chi connectivity index (χ4n) is 3.79. The van der Waals surface area contributed by atoms with E-state index in [4.69, 9.17) is 4.99 Å². The van der Waals surface area contributed by atoms with Crippen molar-refractivity contribution in [3.8, 4) is 0 Å². The molecular formula is C20H34IN5. The molecule has 1 aromatic rings. The van der Waals surface area contributed by atoms with E-state index in [2.05, 4.69) is 39.6 Å². The molecule has 0 amide bonds. The van der Waals surface area contributed by atoms with Crippen molar-refractivity contribution >= 4 is 35.8 Å². The molecule has 0 radical (unpaired) electrons. The molecule has 0 unspecified atom stereocenters. The van der Waals surface area contributed by atoms with Crippen LogP contribution in [0, 0.1) is 0 Å². The van der Waals surface area contributed by atoms with Gasteiger partial charge in [-0.2, -0.15) is 0 Å². The molecular weight excluding hydrogens is 437 g/mol. The van der Waals surface area contributed by atoms with E-state index >= 15 is 0 Å². The summed E-state index contributed by atoms with van der Waals surface area (Å²) in [6.07, 6.45) is 12.4. The number of pyridine rings is 1. The van der Waals surface area contributed by atoms with Crippen LogP contribution in [0.15, 0.2) is 23.3 Å². The van der Waals surface area contributed by atoms with Crippen LogP contribution in [0.25, 0.3) is 0 Å². The Morgan fingerprint density at radius 3 is 2.58 bits per heavy atom. The first kappa shape index (κ1) is 21.3. The summed E-state index contributed by atoms with van der Waals surface area (Å²) in [6, 6.07) is 4.89. The molecule has 2 N–H and O–H groups in total. The summed E-state index contributed by atoms with van der Waals surface area (Å²) in [5.74, 6) is 2.06. The van der Waals surface area contributed by atoms with Gasteiger partial charge in [-0.1, -0.05) is 25.7 Å². The number of guanidine groups is 1. The molecule has 1 aliphatic heterocycles. The number of rotatable bonds is 5. The second kappa shape index (κ2) is 11.6. The Bertz CT molecular complexity index is 549. The Kier molecular flexibility index (Phi) is 9.50. The normalized spacial score (nSPS) is 19.0. The van der Waals surface area contributed by atoms with Gasteiger partial charge >= 0.3 is 0 Å². The molecule has 3 rings (SSSR count). The summed E-state index contributed by atoms with van der Waals surface area (Å²) >= 11 is 0. The van der Waals surface area contributed by atoms with Crippen LogP contribution in [0.2, 0.25) is 0 Å². The molecule has 1 aromatic heterocycles. The van der Waals surface area contributed by atoms with Crippen LogP contribution in [-0.4, -0.2) is 36.6 Å². The van der Waals surface area contributed by atoms with Gasteiger partial charge in [0.1, 0.15) is 5.82 Å². The van der Waals surface area contributed by atoms with Gasteiger partial charge in [0.05, 0.1) is 6.54 Å². The Labute approximate surface area is 175 Å². The van der Waals surface area contributed by atoms with E-state index in [9.17, 15) is 0 Å². The molecule has 0 atom stereocenters. The monoisotopic (exact) mass is 471 g/mol. The van der Waals surface area contributed by atoms with Crippen molar-refractivity contribution in [2.75, 3.05) is 24.5 Å². The zero-order valence-electron chi connectivity index (χ0n) is 16.0. The second-order valence-electron chi connectivity index (χ2n) is 7.24. The number of nitrogens with zero attached hydrogens (tertiary/aromatic N) is 3. The van der Waals surface area contributed by atoms with Crippen LogP contribution in [0.1, 0.15) is 63.9 Å². The fourth-order valence-corrected chi connectivity index (χ4v) is 3.79. The van der Waals surface area contributed by atoms with Crippen molar-refractivity contribution < 1.29 is 0 Å². The van der Waals surface area contributed by atoms with Crippen LogP contribution in [0.4, 0.5) is 5.82 Å². The zero-order valence-corrected chi connectivity index (χ0v) is 18.4. The SMILES string of the molecule is CCNC(=NCc1ccnc(N2CCCCCC2)c1)NC1CCCC1.I. The van der Waals surface area contributed by atoms with Gasteiger partial charge in [0.15, 0.2) is 5.96 Å². The summed E-state index contributed by atoms with van der Waals surface area (Å²) in [7, 11) is 0. The second-order valence-corrected chi connectivity index (χ2v) is 7.24. The molecule has 2 heterocycles. The highest BCUT2D eigenvalue weighted by atomic mass is 127. The third kappa shape index (κ3) is 6.59. The highest BCUT2D eigenvalue weighted by molar-refractivity contribution is 14.0. The molecule has 1 saturated carbocycles. The minimum atomic E-state index is 0. The Morgan fingerprint density at radius 2 is 1.88 bits per heavy atom. The van der Waals surface area contributed by atoms with Gasteiger partial charge in [-0.15, -0.1) is 24.0 Å². The number of nitrogens with one attached hydrogen (secondary N) is 2. The van der Waals surface area contributed by atoms with Crippen molar-refractivity contribution in [2.45, 2.75) is 70.9 Å². The smallest absolute Gasteiger partial charge is 0.191 e. The maximum Gasteiger partial charge on any atom is 0.191 e. The third-order valence-corrected chi connectivity index (χ3v) is 5.20. The highest BCUT2D eigenvalue weighted by Gasteiger charge is 2.16. The van der Waals surface area contributed by atoms with Crippen molar-refractivity contribution in [1.29, 1.82) is 0 Å². The molecule has 6 heteroatoms. The molecule has 0 aromatic carbocycles. The Morgan fingerprint density at radius 1 is 1.15 bits per heavy atom. The fraction of sp³-hybridized carbons (Fsp3) is 0.700. The standard InChI is InChI=1S/C20H33N5.HI/c1-2-21-20(24-18-9-5-6-10-18)23-16-17-11-12-22-19(15-17)25-13-7-3-4-8-14-25;/h11-12,15,18H,2-10,13-14,16H2,1H3,(H2,21,23,24);1H. The van der Waals surface area contributed by atoms with E-state index in [1.165, 1.54) is 56.9 Å². The van der Waals surface area contributed by atoms with E-state index in [1.807, 2.05) is 6.20 Å². The highest BCUT2D eigenvalue weighted by Crippen LogP contribution is 2.19. The summed E-state index contributed by atoms with van der Waals surface area (Å²) in [5.41, 5.74) is 1.23. The third-order valence-electron chi connectivity index (χ3n) is 5.20. The van der Waals surface area contributed by atoms with Crippen molar-refractivity contribution in [3.63, 3.8) is 0 Å². The number of hydrogen-bond acceptors (Lipinski definition) is 3. The first-order valence-electron chi connectivity index (χ1n) is 10.1. The molecule has 0 bridgehead atoms. The predicted molar refractivity (Wildman–Crippen MR) is 121 cm³/mol. The van der Waals surface area contributed by atoms with Crippen molar-refractivity contribution in [3.05, 3.63) is 23.9 Å². The number of aliphatic imine (C=N–C) groups is 1. The summed E-state index contributed by atoms with van der Waals surface area (Å²) in [5, 5.41) is 6.97. The lowest BCUT2D eigenvalue weighted by molar-refractivity contribution is 0.614. The number of halogens is 1. The molecule has 0 spiro atoms. The summed E-state index contributed by atoms with van der Waals surface area (Å²) in [6.45, 7) is 5.98. The maximum absolute atomic E-state index is 4.80. The van der Waals surface area contributed by atoms with Crippen LogP contribution in [0.3, 0.4) is 0 Å². The van der Waals surface area contributed by atoms with E-state index in [0.29, 0.717) is 12.6 Å². The van der Waals surface area contributed by atoms with E-state index in [1.54, 1.807) is 0 Å². The first-order valence-corrected chi connectivity index (χ1v) is 10.1. The van der Waals surface area contributed by atoms with Crippen LogP contribution in [-0.2, 0) is 6.54 Å². The molecule has 1 aliphatic carbocycles. The molecule has 5 nitrogen and oxygen atoms in total. The van der Waals surface area contributed by atoms with Crippen LogP contribution >= 0.6 is 24.0 Å². The van der Waals surface area contributed by atoms with Gasteiger partial charge in [0.2, 0.25) is 0 Å². The Hall–Kier alpha value is -1.05. The lowest BCUT2D eigenvalue weighted by atomic mass is 10.2. The Balaban J connectivity index is 0.00000243. The summed E-state index contributed by atoms with van der Waals surface area (Å²) < 4.78 is 0. The van der Waals surface area contributed by atoms with Gasteiger partial charge in [-0.25, -0.2) is 9.98 Å². The van der Waals surface area contributed by atoms with Gasteiger partial charge < -0.3 is 15.5 Å². The molecule has 2 fully saturated rings. The average molecular weight is 471 g/mol. The van der Waals surface area contributed by atoms with Gasteiger partial charge in [0, 0.05) is 31.9 Å². The van der Waals surface area contributed by atoms with Gasteiger partial charge in [-0.05, 0) is 50.3 Å². The first-order chi connectivity index (χ1) is 12.3. The van der Waals surface area contributed by atoms with Crippen LogP contribution in [0.5, 0.6) is 0 Å². The quantitative estimate of drug-likeness (QED) is 0.386. The number of anilines is 1. The topological polar surface area (TPSA) is 52.6 Å². The predicted octanol–water partition coefficient (Wildman–Crippen LogP) is 4.08. The average Bonchev–Trinajstić information content (AvgIpc) is 2.99. The molecule has 2 aliphatic rings. The maximum atomic E-state index is 4.80. The lowest BCUT2D eigenvalue weighted by Crippen LogP contribution is -2.42. The van der Waals surface area contributed by atoms with Crippen molar-refractivity contribution in [1.82, 2.24) is 15.6 Å². The molecule has 1 saturated heterocycles. The molecule has 26 heavy (non-hydrogen) atoms. The van der Waals surface area contributed by atoms with E-state index in [0.717, 1.165) is 31.4 Å². The van der Waals surface area contributed by atoms with E-state index in [-0.39, 0.29) is 24.0 Å². The zero-order chi connectivity index (χ0) is 17.3. The van der Waals surface area contributed by atoms with Crippen LogP contribution < -0.4 is 15.5 Å².